The number of carbonyl (C=O) groups is 2. The van der Waals surface area contributed by atoms with Crippen molar-refractivity contribution in [1.82, 2.24) is 29.8 Å². The van der Waals surface area contributed by atoms with Crippen molar-refractivity contribution in [3.8, 4) is 0 Å². The molecule has 14 nitrogen and oxygen atoms in total. The lowest BCUT2D eigenvalue weighted by molar-refractivity contribution is -0.148. The van der Waals surface area contributed by atoms with Gasteiger partial charge in [-0.1, -0.05) is 147 Å². The molecule has 2 fully saturated rings. The minimum absolute atomic E-state index is 0.0442. The molecule has 0 aliphatic carbocycles. The number of nitrogens with one attached hydrogen (secondary N) is 3. The van der Waals surface area contributed by atoms with E-state index >= 15 is 0 Å². The fourth-order valence-corrected chi connectivity index (χ4v) is 12.2. The van der Waals surface area contributed by atoms with Crippen LogP contribution in [0.5, 0.6) is 0 Å². The molecule has 4 aromatic rings. The second kappa shape index (κ2) is 22.1. The number of alkyl carbamates (subject to hydrolysis) is 1. The Labute approximate surface area is 388 Å². The van der Waals surface area contributed by atoms with Gasteiger partial charge in [0.2, 0.25) is 5.91 Å². The predicted molar refractivity (Wildman–Crippen MR) is 256 cm³/mol. The molecule has 0 spiro atoms. The first-order chi connectivity index (χ1) is 30.5. The molecule has 6 rings (SSSR count). The monoisotopic (exact) mass is 954 g/mol. The number of halogens is 1. The molecule has 0 radical (unpaired) electrons. The van der Waals surface area contributed by atoms with E-state index in [0.717, 1.165) is 16.7 Å². The Kier molecular flexibility index (Phi) is 17.1. The van der Waals surface area contributed by atoms with Crippen LogP contribution in [0.15, 0.2) is 107 Å². The van der Waals surface area contributed by atoms with Crippen LogP contribution >= 0.6 is 39.7 Å². The third kappa shape index (κ3) is 12.7. The molecule has 2 aliphatic rings. The molecular formula is C46H60ClN6O8PS2. The molecule has 3 heterocycles. The average molecular weight is 956 g/mol. The van der Waals surface area contributed by atoms with Crippen molar-refractivity contribution < 1.29 is 28.2 Å². The quantitative estimate of drug-likeness (QED) is 0.0533. The largest absolute Gasteiger partial charge is 0.449 e. The smallest absolute Gasteiger partial charge is 0.407 e. The highest BCUT2D eigenvalue weighted by Gasteiger charge is 2.47. The first kappa shape index (κ1) is 49.6. The van der Waals surface area contributed by atoms with E-state index in [1.807, 2.05) is 68.4 Å². The maximum absolute atomic E-state index is 14.3. The Morgan fingerprint density at radius 2 is 1.48 bits per heavy atom. The second-order valence-corrected chi connectivity index (χ2v) is 23.7. The maximum atomic E-state index is 14.3. The van der Waals surface area contributed by atoms with Gasteiger partial charge in [0.1, 0.15) is 6.04 Å². The van der Waals surface area contributed by atoms with Crippen molar-refractivity contribution in [3.05, 3.63) is 140 Å². The molecule has 2 saturated heterocycles. The minimum atomic E-state index is -3.93. The minimum Gasteiger partial charge on any atom is -0.449 e. The molecule has 3 aromatic carbocycles. The number of nitrogens with zero attached hydrogens (tertiary/aromatic N) is 3. The summed E-state index contributed by atoms with van der Waals surface area (Å²) in [6.07, 6.45) is 0.0990. The Morgan fingerprint density at radius 1 is 0.922 bits per heavy atom. The van der Waals surface area contributed by atoms with Gasteiger partial charge in [-0.15, -0.1) is 0 Å². The van der Waals surface area contributed by atoms with Crippen LogP contribution in [0.3, 0.4) is 0 Å². The Morgan fingerprint density at radius 3 is 2.02 bits per heavy atom. The zero-order chi connectivity index (χ0) is 46.1. The zero-order valence-corrected chi connectivity index (χ0v) is 40.5. The predicted octanol–water partition coefficient (Wildman–Crippen LogP) is 7.91. The van der Waals surface area contributed by atoms with Crippen LogP contribution in [-0.2, 0) is 28.9 Å². The number of rotatable bonds is 17. The lowest BCUT2D eigenvalue weighted by Crippen LogP contribution is -2.58. The zero-order valence-electron chi connectivity index (χ0n) is 37.2. The molecule has 1 aromatic heterocycles. The van der Waals surface area contributed by atoms with E-state index in [-0.39, 0.29) is 62.0 Å². The normalized spacial score (nSPS) is 19.4. The fourth-order valence-electron chi connectivity index (χ4n) is 7.92. The molecule has 18 heteroatoms. The van der Waals surface area contributed by atoms with Crippen LogP contribution < -0.4 is 21.9 Å². The van der Waals surface area contributed by atoms with Crippen LogP contribution in [0, 0.1) is 12.8 Å². The van der Waals surface area contributed by atoms with Gasteiger partial charge in [0, 0.05) is 54.5 Å². The molecule has 346 valence electrons. The van der Waals surface area contributed by atoms with Crippen LogP contribution in [0.25, 0.3) is 0 Å². The fraction of sp³-hybridized carbons (Fsp3) is 0.478. The van der Waals surface area contributed by atoms with E-state index in [2.05, 4.69) is 77.7 Å². The van der Waals surface area contributed by atoms with E-state index in [0.29, 0.717) is 24.2 Å². The summed E-state index contributed by atoms with van der Waals surface area (Å²) in [5.74, 6) is 0.166. The summed E-state index contributed by atoms with van der Waals surface area (Å²) in [5.41, 5.74) is 1.27. The lowest BCUT2D eigenvalue weighted by atomic mass is 9.75. The van der Waals surface area contributed by atoms with Crippen molar-refractivity contribution in [2.75, 3.05) is 45.1 Å². The number of aryl methyl sites for hydroxylation is 1. The molecule has 2 amide bonds. The van der Waals surface area contributed by atoms with E-state index in [1.54, 1.807) is 22.4 Å². The van der Waals surface area contributed by atoms with Crippen LogP contribution in [0.2, 0.25) is 0 Å². The topological polar surface area (TPSA) is 164 Å². The summed E-state index contributed by atoms with van der Waals surface area (Å²) in [4.78, 5) is 56.8. The number of aromatic amines is 1. The van der Waals surface area contributed by atoms with Crippen molar-refractivity contribution in [2.24, 2.45) is 5.92 Å². The first-order valence-electron chi connectivity index (χ1n) is 21.6. The maximum Gasteiger partial charge on any atom is 0.407 e. The number of hydrogen-bond donors (Lipinski definition) is 3. The third-order valence-electron chi connectivity index (χ3n) is 10.9. The number of aromatic nitrogens is 2. The van der Waals surface area contributed by atoms with Gasteiger partial charge in [-0.2, -0.15) is 0 Å². The number of ether oxygens (including phenoxy) is 2. The average Bonchev–Trinajstić information content (AvgIpc) is 3.27. The molecule has 2 unspecified atom stereocenters. The third-order valence-corrected chi connectivity index (χ3v) is 16.8. The van der Waals surface area contributed by atoms with Gasteiger partial charge in [-0.3, -0.25) is 28.6 Å². The highest BCUT2D eigenvalue weighted by molar-refractivity contribution is 8.77. The van der Waals surface area contributed by atoms with Crippen molar-refractivity contribution in [1.29, 1.82) is 0 Å². The number of morpholine rings is 1. The SMILES string of the molecule is Cc1cn([C@H]2CN(C(c3ccccc3)(c3ccccc3)c3ccccc3)C[C@@H](COP(=O)(Cl)N3CCC(NC(=O)C(CSSC(C)(C)C)NC(=O)OCC(C)C)CC3)O2)c(=O)[nH]c1=O. The molecule has 0 saturated carbocycles. The molecule has 2 aliphatic heterocycles. The highest BCUT2D eigenvalue weighted by atomic mass is 35.7. The Balaban J connectivity index is 1.20. The van der Waals surface area contributed by atoms with Gasteiger partial charge in [0.15, 0.2) is 6.23 Å². The summed E-state index contributed by atoms with van der Waals surface area (Å²) in [6.45, 7) is 8.93. The van der Waals surface area contributed by atoms with Gasteiger partial charge >= 0.3 is 18.7 Å². The number of piperidine rings is 1. The van der Waals surface area contributed by atoms with Gasteiger partial charge in [0.25, 0.3) is 5.56 Å². The molecule has 64 heavy (non-hydrogen) atoms. The molecule has 3 N–H and O–H groups in total. The van der Waals surface area contributed by atoms with E-state index in [4.69, 9.17) is 25.2 Å². The summed E-state index contributed by atoms with van der Waals surface area (Å²) < 4.78 is 35.3. The number of hydrogen-bond acceptors (Lipinski definition) is 11. The Bertz CT molecular complexity index is 2230. The van der Waals surface area contributed by atoms with Crippen molar-refractivity contribution in [3.63, 3.8) is 0 Å². The van der Waals surface area contributed by atoms with E-state index in [9.17, 15) is 23.7 Å². The van der Waals surface area contributed by atoms with Crippen molar-refractivity contribution >= 4 is 51.7 Å². The van der Waals surface area contributed by atoms with Gasteiger partial charge in [0.05, 0.1) is 24.9 Å². The molecule has 0 bridgehead atoms. The molecule has 4 atom stereocenters. The van der Waals surface area contributed by atoms with Gasteiger partial charge < -0.3 is 24.6 Å². The number of amides is 2. The highest BCUT2D eigenvalue weighted by Crippen LogP contribution is 2.57. The lowest BCUT2D eigenvalue weighted by Gasteiger charge is -2.50. The van der Waals surface area contributed by atoms with E-state index in [1.165, 1.54) is 21.6 Å². The summed E-state index contributed by atoms with van der Waals surface area (Å²) >= 11 is 6.81. The number of H-pyrrole nitrogens is 1. The summed E-state index contributed by atoms with van der Waals surface area (Å²) in [5, 5.41) is 5.81. The van der Waals surface area contributed by atoms with Crippen LogP contribution in [0.4, 0.5) is 4.79 Å². The summed E-state index contributed by atoms with van der Waals surface area (Å²) in [7, 11) is 3.13. The number of benzene rings is 3. The summed E-state index contributed by atoms with van der Waals surface area (Å²) in [6, 6.07) is 29.3. The van der Waals surface area contributed by atoms with Crippen LogP contribution in [0.1, 0.15) is 75.9 Å². The standard InChI is InChI=1S/C46H60ClN6O8PS2/c1-32(2)29-59-44(57)49-39(31-63-64-45(4,5)6)42(55)48-37-22-24-52(25-23-37)62(47,58)60-30-38-27-51(28-40(61-38)53-26-33(3)41(54)50-43(53)56)46(34-16-10-7-11-17-34,35-18-12-8-13-19-35)36-20-14-9-15-21-36/h7-21,26,32,37-40H,22-25,27-31H2,1-6H3,(H,48,55)(H,49,57)(H,50,54,56)/t38-,39?,40+,62?/m0/s1. The second-order valence-electron chi connectivity index (χ2n) is 17.6. The van der Waals surface area contributed by atoms with Gasteiger partial charge in [-0.05, 0) is 53.6 Å². The Hall–Kier alpha value is -3.86. The number of carbonyl (C=O) groups excluding carboxylic acids is 2. The van der Waals surface area contributed by atoms with E-state index < -0.39 is 48.1 Å². The first-order valence-corrected chi connectivity index (χ1v) is 26.4. The van der Waals surface area contributed by atoms with Gasteiger partial charge in [-0.25, -0.2) is 14.3 Å². The van der Waals surface area contributed by atoms with Crippen LogP contribution in [-0.4, -0.2) is 99.2 Å². The van der Waals surface area contributed by atoms with Crippen molar-refractivity contribution in [2.45, 2.75) is 89.1 Å². The molecular weight excluding hydrogens is 895 g/mol.